The number of hydrogen-bond acceptors (Lipinski definition) is 8. The second kappa shape index (κ2) is 5.94. The third-order valence-corrected chi connectivity index (χ3v) is 5.73. The topological polar surface area (TPSA) is 114 Å². The van der Waals surface area contributed by atoms with Gasteiger partial charge in [-0.1, -0.05) is 0 Å². The van der Waals surface area contributed by atoms with Crippen LogP contribution in [0.1, 0.15) is 4.88 Å². The van der Waals surface area contributed by atoms with Gasteiger partial charge in [-0.25, -0.2) is 13.1 Å². The Bertz CT molecular complexity index is 887. The minimum absolute atomic E-state index is 0.245. The maximum absolute atomic E-state index is 12.0. The van der Waals surface area contributed by atoms with E-state index in [2.05, 4.69) is 30.7 Å². The normalized spacial score (nSPS) is 11.9. The standard InChI is InChI=1S/C11H13N7O2S2/c1-8-2-5-11(21-8)22(19,20)13-7-6-12-9-3-4-10-14-16-17-18(10)15-9/h2-5,13H,6-7H2,1H3,(H,12,15). The van der Waals surface area contributed by atoms with Crippen LogP contribution in [-0.2, 0) is 10.0 Å². The van der Waals surface area contributed by atoms with Crippen molar-refractivity contribution < 1.29 is 8.42 Å². The summed E-state index contributed by atoms with van der Waals surface area (Å²) < 4.78 is 28.2. The van der Waals surface area contributed by atoms with E-state index in [1.54, 1.807) is 24.3 Å². The number of rotatable bonds is 6. The van der Waals surface area contributed by atoms with E-state index >= 15 is 0 Å². The highest BCUT2D eigenvalue weighted by molar-refractivity contribution is 7.91. The van der Waals surface area contributed by atoms with Crippen LogP contribution < -0.4 is 10.0 Å². The molecule has 0 unspecified atom stereocenters. The quantitative estimate of drug-likeness (QED) is 0.620. The molecule has 0 aliphatic heterocycles. The van der Waals surface area contributed by atoms with Crippen LogP contribution in [0, 0.1) is 6.92 Å². The van der Waals surface area contributed by atoms with Crippen molar-refractivity contribution in [1.29, 1.82) is 0 Å². The molecule has 0 aliphatic rings. The Kier molecular flexibility index (Phi) is 4.00. The lowest BCUT2D eigenvalue weighted by atomic mass is 10.5. The van der Waals surface area contributed by atoms with Crippen LogP contribution in [0.3, 0.4) is 0 Å². The molecule has 22 heavy (non-hydrogen) atoms. The first-order valence-electron chi connectivity index (χ1n) is 6.40. The van der Waals surface area contributed by atoms with E-state index in [9.17, 15) is 8.42 Å². The lowest BCUT2D eigenvalue weighted by Crippen LogP contribution is -2.28. The minimum Gasteiger partial charge on any atom is -0.367 e. The number of nitrogens with zero attached hydrogens (tertiary/aromatic N) is 5. The molecule has 0 aliphatic carbocycles. The van der Waals surface area contributed by atoms with Gasteiger partial charge in [-0.3, -0.25) is 0 Å². The van der Waals surface area contributed by atoms with Gasteiger partial charge in [0.1, 0.15) is 10.0 Å². The van der Waals surface area contributed by atoms with Crippen LogP contribution in [0.2, 0.25) is 0 Å². The van der Waals surface area contributed by atoms with Gasteiger partial charge in [0.2, 0.25) is 10.0 Å². The van der Waals surface area contributed by atoms with Crippen LogP contribution in [0.5, 0.6) is 0 Å². The van der Waals surface area contributed by atoms with E-state index in [-0.39, 0.29) is 6.54 Å². The van der Waals surface area contributed by atoms with E-state index in [4.69, 9.17) is 0 Å². The Morgan fingerprint density at radius 3 is 2.86 bits per heavy atom. The van der Waals surface area contributed by atoms with Gasteiger partial charge in [0, 0.05) is 18.0 Å². The summed E-state index contributed by atoms with van der Waals surface area (Å²) in [5, 5.41) is 18.0. The minimum atomic E-state index is -3.45. The summed E-state index contributed by atoms with van der Waals surface area (Å²) in [5.41, 5.74) is 0.541. The van der Waals surface area contributed by atoms with Gasteiger partial charge in [-0.2, -0.15) is 0 Å². The summed E-state index contributed by atoms with van der Waals surface area (Å²) in [7, 11) is -3.45. The van der Waals surface area contributed by atoms with Crippen molar-refractivity contribution in [2.24, 2.45) is 0 Å². The summed E-state index contributed by atoms with van der Waals surface area (Å²) in [5.74, 6) is 0.561. The third kappa shape index (κ3) is 3.21. The molecular weight excluding hydrogens is 326 g/mol. The average Bonchev–Trinajstić information content (AvgIpc) is 3.12. The van der Waals surface area contributed by atoms with Crippen LogP contribution in [0.15, 0.2) is 28.5 Å². The number of sulfonamides is 1. The van der Waals surface area contributed by atoms with Crippen LogP contribution in [0.25, 0.3) is 5.65 Å². The number of hydrogen-bond donors (Lipinski definition) is 2. The Morgan fingerprint density at radius 1 is 1.23 bits per heavy atom. The molecule has 3 aromatic rings. The van der Waals surface area contributed by atoms with Gasteiger partial charge < -0.3 is 5.32 Å². The van der Waals surface area contributed by atoms with E-state index in [0.29, 0.717) is 22.2 Å². The van der Waals surface area contributed by atoms with E-state index in [1.807, 2.05) is 6.92 Å². The number of aryl methyl sites for hydroxylation is 1. The van der Waals surface area contributed by atoms with Crippen LogP contribution in [0.4, 0.5) is 5.82 Å². The predicted octanol–water partition coefficient (Wildman–Crippen LogP) is 0.280. The lowest BCUT2D eigenvalue weighted by molar-refractivity contribution is 0.585. The molecule has 0 radical (unpaired) electrons. The monoisotopic (exact) mass is 339 g/mol. The van der Waals surface area contributed by atoms with Crippen molar-refractivity contribution >= 4 is 32.8 Å². The highest BCUT2D eigenvalue weighted by Crippen LogP contribution is 2.19. The molecule has 0 saturated carbocycles. The van der Waals surface area contributed by atoms with Crippen LogP contribution >= 0.6 is 11.3 Å². The van der Waals surface area contributed by atoms with Crippen molar-refractivity contribution in [1.82, 2.24) is 30.0 Å². The SMILES string of the molecule is Cc1ccc(S(=O)(=O)NCCNc2ccc3nnnn3n2)s1. The Hall–Kier alpha value is -2.11. The fourth-order valence-electron chi connectivity index (χ4n) is 1.75. The summed E-state index contributed by atoms with van der Waals surface area (Å²) in [6.07, 6.45) is 0. The predicted molar refractivity (Wildman–Crippen MR) is 81.3 cm³/mol. The molecule has 0 spiro atoms. The largest absolute Gasteiger partial charge is 0.367 e. The summed E-state index contributed by atoms with van der Waals surface area (Å²) in [6.45, 7) is 2.50. The molecule has 0 amide bonds. The summed E-state index contributed by atoms with van der Waals surface area (Å²) >= 11 is 1.24. The van der Waals surface area contributed by atoms with Gasteiger partial charge in [-0.05, 0) is 41.6 Å². The molecule has 116 valence electrons. The number of nitrogens with one attached hydrogen (secondary N) is 2. The van der Waals surface area contributed by atoms with Gasteiger partial charge in [0.15, 0.2) is 5.65 Å². The molecular formula is C11H13N7O2S2. The second-order valence-electron chi connectivity index (χ2n) is 4.43. The lowest BCUT2D eigenvalue weighted by Gasteiger charge is -2.06. The molecule has 0 aromatic carbocycles. The molecule has 2 N–H and O–H groups in total. The van der Waals surface area contributed by atoms with E-state index in [0.717, 1.165) is 4.88 Å². The molecule has 0 bridgehead atoms. The highest BCUT2D eigenvalue weighted by atomic mass is 32.2. The molecule has 0 saturated heterocycles. The van der Waals surface area contributed by atoms with Gasteiger partial charge in [0.25, 0.3) is 0 Å². The molecule has 11 heteroatoms. The first-order chi connectivity index (χ1) is 10.5. The molecule has 3 aromatic heterocycles. The molecule has 3 rings (SSSR count). The smallest absolute Gasteiger partial charge is 0.250 e. The zero-order valence-corrected chi connectivity index (χ0v) is 13.2. The van der Waals surface area contributed by atoms with Crippen molar-refractivity contribution in [2.45, 2.75) is 11.1 Å². The molecule has 0 fully saturated rings. The first kappa shape index (κ1) is 14.8. The third-order valence-electron chi connectivity index (χ3n) is 2.77. The number of tetrazole rings is 1. The summed E-state index contributed by atoms with van der Waals surface area (Å²) in [6, 6.07) is 6.82. The Morgan fingerprint density at radius 2 is 2.09 bits per heavy atom. The fourth-order valence-corrected chi connectivity index (χ4v) is 4.11. The summed E-state index contributed by atoms with van der Waals surface area (Å²) in [4.78, 5) is 0.956. The fraction of sp³-hybridized carbons (Fsp3) is 0.273. The van der Waals surface area contributed by atoms with E-state index in [1.165, 1.54) is 16.0 Å². The Balaban J connectivity index is 1.54. The van der Waals surface area contributed by atoms with E-state index < -0.39 is 10.0 Å². The van der Waals surface area contributed by atoms with Crippen LogP contribution in [-0.4, -0.2) is 46.8 Å². The first-order valence-corrected chi connectivity index (χ1v) is 8.70. The molecule has 9 nitrogen and oxygen atoms in total. The number of fused-ring (bicyclic) bond motifs is 1. The van der Waals surface area contributed by atoms with Gasteiger partial charge >= 0.3 is 0 Å². The Labute approximate surface area is 130 Å². The number of anilines is 1. The molecule has 3 heterocycles. The average molecular weight is 339 g/mol. The number of thiophene rings is 1. The second-order valence-corrected chi connectivity index (χ2v) is 7.72. The van der Waals surface area contributed by atoms with Crippen molar-refractivity contribution in [3.8, 4) is 0 Å². The van der Waals surface area contributed by atoms with Crippen molar-refractivity contribution in [2.75, 3.05) is 18.4 Å². The van der Waals surface area contributed by atoms with Crippen molar-refractivity contribution in [3.05, 3.63) is 29.1 Å². The van der Waals surface area contributed by atoms with Crippen molar-refractivity contribution in [3.63, 3.8) is 0 Å². The zero-order chi connectivity index (χ0) is 15.6. The number of aromatic nitrogens is 5. The van der Waals surface area contributed by atoms with Gasteiger partial charge in [0.05, 0.1) is 0 Å². The highest BCUT2D eigenvalue weighted by Gasteiger charge is 2.15. The zero-order valence-electron chi connectivity index (χ0n) is 11.6. The maximum Gasteiger partial charge on any atom is 0.250 e. The maximum atomic E-state index is 12.0. The molecule has 0 atom stereocenters. The van der Waals surface area contributed by atoms with Gasteiger partial charge in [-0.15, -0.1) is 26.2 Å².